The summed E-state index contributed by atoms with van der Waals surface area (Å²) in [5, 5.41) is 0. The highest BCUT2D eigenvalue weighted by atomic mass is 14.6. The number of hydrogen-bond acceptors (Lipinski definition) is 0. The largest absolute Gasteiger partial charge is 0.0591 e. The summed E-state index contributed by atoms with van der Waals surface area (Å²) in [5.41, 5.74) is 1.48. The van der Waals surface area contributed by atoms with Gasteiger partial charge < -0.3 is 0 Å². The van der Waals surface area contributed by atoms with Gasteiger partial charge in [-0.05, 0) is 36.5 Å². The van der Waals surface area contributed by atoms with Gasteiger partial charge in [0.15, 0.2) is 0 Å². The molecule has 2 aliphatic rings. The average molecular weight is 152 g/mol. The quantitative estimate of drug-likeness (QED) is 0.496. The minimum Gasteiger partial charge on any atom is -0.0591 e. The summed E-state index contributed by atoms with van der Waals surface area (Å²) in [6, 6.07) is 0. The highest BCUT2D eigenvalue weighted by Crippen LogP contribution is 2.62. The summed E-state index contributed by atoms with van der Waals surface area (Å²) < 4.78 is 0. The molecule has 11 heavy (non-hydrogen) atoms. The summed E-state index contributed by atoms with van der Waals surface area (Å²) in [5.74, 6) is 0. The van der Waals surface area contributed by atoms with Crippen LogP contribution in [0.5, 0.6) is 0 Å². The predicted octanol–water partition coefficient (Wildman–Crippen LogP) is 3.76. The van der Waals surface area contributed by atoms with Crippen LogP contribution in [-0.2, 0) is 0 Å². The maximum atomic E-state index is 2.52. The van der Waals surface area contributed by atoms with Gasteiger partial charge in [0, 0.05) is 0 Å². The molecule has 0 amide bonds. The van der Waals surface area contributed by atoms with Gasteiger partial charge in [0.1, 0.15) is 0 Å². The summed E-state index contributed by atoms with van der Waals surface area (Å²) >= 11 is 0. The van der Waals surface area contributed by atoms with Crippen LogP contribution in [0, 0.1) is 10.8 Å². The minimum absolute atomic E-state index is 0.740. The molecular formula is C11H20. The lowest BCUT2D eigenvalue weighted by molar-refractivity contribution is -0.0569. The first-order chi connectivity index (χ1) is 5.16. The van der Waals surface area contributed by atoms with E-state index < -0.39 is 0 Å². The van der Waals surface area contributed by atoms with E-state index in [4.69, 9.17) is 0 Å². The van der Waals surface area contributed by atoms with Gasteiger partial charge in [0.05, 0.1) is 0 Å². The van der Waals surface area contributed by atoms with Crippen LogP contribution in [0.4, 0.5) is 0 Å². The Kier molecular flexibility index (Phi) is 1.56. The first-order valence-electron chi connectivity index (χ1n) is 5.16. The SMILES string of the molecule is CC12CCCCCC1(C)CC2. The second-order valence-electron chi connectivity index (χ2n) is 5.18. The van der Waals surface area contributed by atoms with E-state index >= 15 is 0 Å². The topological polar surface area (TPSA) is 0 Å². The van der Waals surface area contributed by atoms with Crippen LogP contribution < -0.4 is 0 Å². The van der Waals surface area contributed by atoms with Crippen molar-refractivity contribution in [2.45, 2.75) is 58.8 Å². The molecule has 2 atom stereocenters. The first kappa shape index (κ1) is 7.64. The van der Waals surface area contributed by atoms with Gasteiger partial charge in [-0.1, -0.05) is 33.1 Å². The van der Waals surface area contributed by atoms with Crippen LogP contribution in [-0.4, -0.2) is 0 Å². The standard InChI is InChI=1S/C11H20/c1-10-6-4-3-5-7-11(10,2)9-8-10/h3-9H2,1-2H3. The highest BCUT2D eigenvalue weighted by molar-refractivity contribution is 5.02. The Morgan fingerprint density at radius 2 is 1.09 bits per heavy atom. The molecule has 0 N–H and O–H groups in total. The summed E-state index contributed by atoms with van der Waals surface area (Å²) in [6.45, 7) is 5.03. The molecule has 0 saturated heterocycles. The second kappa shape index (κ2) is 2.24. The van der Waals surface area contributed by atoms with Crippen LogP contribution >= 0.6 is 0 Å². The normalized spacial score (nSPS) is 50.7. The van der Waals surface area contributed by atoms with Gasteiger partial charge in [-0.2, -0.15) is 0 Å². The molecular weight excluding hydrogens is 132 g/mol. The highest BCUT2D eigenvalue weighted by Gasteiger charge is 2.51. The smallest absolute Gasteiger partial charge is 0.0272 e. The van der Waals surface area contributed by atoms with Gasteiger partial charge in [0.2, 0.25) is 0 Å². The molecule has 2 saturated carbocycles. The van der Waals surface area contributed by atoms with Gasteiger partial charge in [-0.3, -0.25) is 0 Å². The van der Waals surface area contributed by atoms with Crippen molar-refractivity contribution < 1.29 is 0 Å². The third-order valence-corrected chi connectivity index (χ3v) is 4.64. The van der Waals surface area contributed by atoms with Crippen molar-refractivity contribution >= 4 is 0 Å². The lowest BCUT2D eigenvalue weighted by Crippen LogP contribution is -2.46. The van der Waals surface area contributed by atoms with E-state index in [1.54, 1.807) is 0 Å². The molecule has 0 spiro atoms. The zero-order valence-electron chi connectivity index (χ0n) is 7.95. The van der Waals surface area contributed by atoms with E-state index in [1.165, 1.54) is 44.9 Å². The Hall–Kier alpha value is 0. The van der Waals surface area contributed by atoms with Gasteiger partial charge in [-0.25, -0.2) is 0 Å². The summed E-state index contributed by atoms with van der Waals surface area (Å²) in [6.07, 6.45) is 10.5. The van der Waals surface area contributed by atoms with Crippen molar-refractivity contribution in [3.05, 3.63) is 0 Å². The molecule has 0 aromatic rings. The molecule has 64 valence electrons. The fraction of sp³-hybridized carbons (Fsp3) is 1.00. The Labute approximate surface area is 70.4 Å². The van der Waals surface area contributed by atoms with Crippen molar-refractivity contribution in [1.29, 1.82) is 0 Å². The molecule has 2 rings (SSSR count). The lowest BCUT2D eigenvalue weighted by atomic mass is 9.49. The van der Waals surface area contributed by atoms with Crippen LogP contribution in [0.25, 0.3) is 0 Å². The maximum absolute atomic E-state index is 2.52. The van der Waals surface area contributed by atoms with E-state index in [0.717, 1.165) is 10.8 Å². The monoisotopic (exact) mass is 152 g/mol. The molecule has 0 aromatic carbocycles. The zero-order chi connectivity index (χ0) is 7.95. The van der Waals surface area contributed by atoms with Crippen molar-refractivity contribution in [3.63, 3.8) is 0 Å². The van der Waals surface area contributed by atoms with Crippen LogP contribution in [0.2, 0.25) is 0 Å². The molecule has 2 unspecified atom stereocenters. The molecule has 0 radical (unpaired) electrons. The van der Waals surface area contributed by atoms with E-state index in [1.807, 2.05) is 0 Å². The summed E-state index contributed by atoms with van der Waals surface area (Å²) in [7, 11) is 0. The van der Waals surface area contributed by atoms with E-state index in [9.17, 15) is 0 Å². The van der Waals surface area contributed by atoms with E-state index in [-0.39, 0.29) is 0 Å². The van der Waals surface area contributed by atoms with Crippen molar-refractivity contribution in [1.82, 2.24) is 0 Å². The Morgan fingerprint density at radius 1 is 0.636 bits per heavy atom. The molecule has 2 fully saturated rings. The van der Waals surface area contributed by atoms with Crippen molar-refractivity contribution in [2.24, 2.45) is 10.8 Å². The van der Waals surface area contributed by atoms with Crippen LogP contribution in [0.15, 0.2) is 0 Å². The molecule has 2 aliphatic carbocycles. The van der Waals surface area contributed by atoms with Crippen molar-refractivity contribution in [3.8, 4) is 0 Å². The third kappa shape index (κ3) is 0.947. The second-order valence-corrected chi connectivity index (χ2v) is 5.18. The van der Waals surface area contributed by atoms with E-state index in [0.29, 0.717) is 0 Å². The predicted molar refractivity (Wildman–Crippen MR) is 48.5 cm³/mol. The molecule has 0 aliphatic heterocycles. The van der Waals surface area contributed by atoms with Crippen molar-refractivity contribution in [2.75, 3.05) is 0 Å². The third-order valence-electron chi connectivity index (χ3n) is 4.64. The first-order valence-corrected chi connectivity index (χ1v) is 5.16. The van der Waals surface area contributed by atoms with Crippen LogP contribution in [0.3, 0.4) is 0 Å². The minimum atomic E-state index is 0.740. The Balaban J connectivity index is 2.16. The zero-order valence-corrected chi connectivity index (χ0v) is 7.95. The van der Waals surface area contributed by atoms with Crippen LogP contribution in [0.1, 0.15) is 58.8 Å². The number of fused-ring (bicyclic) bond motifs is 1. The number of rotatable bonds is 0. The number of hydrogen-bond donors (Lipinski definition) is 0. The van der Waals surface area contributed by atoms with Gasteiger partial charge >= 0.3 is 0 Å². The fourth-order valence-electron chi connectivity index (χ4n) is 3.04. The maximum Gasteiger partial charge on any atom is -0.0272 e. The lowest BCUT2D eigenvalue weighted by Gasteiger charge is -2.56. The van der Waals surface area contributed by atoms with E-state index in [2.05, 4.69) is 13.8 Å². The molecule has 0 heterocycles. The molecule has 0 aromatic heterocycles. The average Bonchev–Trinajstić information content (AvgIpc) is 2.07. The van der Waals surface area contributed by atoms with Gasteiger partial charge in [0.25, 0.3) is 0 Å². The summed E-state index contributed by atoms with van der Waals surface area (Å²) in [4.78, 5) is 0. The van der Waals surface area contributed by atoms with Gasteiger partial charge in [-0.15, -0.1) is 0 Å². The molecule has 0 bridgehead atoms. The Morgan fingerprint density at radius 3 is 1.45 bits per heavy atom. The Bertz CT molecular complexity index is 143. The fourth-order valence-corrected chi connectivity index (χ4v) is 3.04. The molecule has 0 nitrogen and oxygen atoms in total. The molecule has 0 heteroatoms.